The number of benzene rings is 3. The molecule has 140 valence electrons. The molecule has 0 radical (unpaired) electrons. The summed E-state index contributed by atoms with van der Waals surface area (Å²) in [5.74, 6) is -0.803. The molecule has 5 heteroatoms. The van der Waals surface area contributed by atoms with Gasteiger partial charge in [-0.25, -0.2) is 0 Å². The lowest BCUT2D eigenvalue weighted by Gasteiger charge is -2.11. The number of aryl methyl sites for hydroxylation is 1. The van der Waals surface area contributed by atoms with Gasteiger partial charge in [0.05, 0.1) is 11.1 Å². The highest BCUT2D eigenvalue weighted by atomic mass is 16.2. The van der Waals surface area contributed by atoms with E-state index in [1.165, 1.54) is 6.92 Å². The second kappa shape index (κ2) is 8.31. The Kier molecular flexibility index (Phi) is 5.65. The number of anilines is 2. The van der Waals surface area contributed by atoms with Gasteiger partial charge in [-0.1, -0.05) is 29.8 Å². The average molecular weight is 372 g/mol. The van der Waals surface area contributed by atoms with Crippen molar-refractivity contribution in [3.05, 3.63) is 95.1 Å². The summed E-state index contributed by atoms with van der Waals surface area (Å²) in [6.45, 7) is 3.45. The number of carbonyl (C=O) groups excluding carboxylic acids is 3. The maximum Gasteiger partial charge on any atom is 0.256 e. The molecule has 3 rings (SSSR count). The Bertz CT molecular complexity index is 1020. The minimum absolute atomic E-state index is 0.0454. The molecule has 0 saturated heterocycles. The topological polar surface area (TPSA) is 75.3 Å². The standard InChI is InChI=1S/C23H20N2O3/c1-15-7-11-18(12-8-15)24-22(27)20-5-3-4-6-21(20)23(28)25-19-13-9-17(10-14-19)16(2)26/h3-14H,1-2H3,(H,24,27)(H,25,28). The molecule has 0 bridgehead atoms. The third-order valence-corrected chi connectivity index (χ3v) is 4.28. The van der Waals surface area contributed by atoms with Crippen molar-refractivity contribution in [1.29, 1.82) is 0 Å². The van der Waals surface area contributed by atoms with Gasteiger partial charge in [0, 0.05) is 16.9 Å². The predicted molar refractivity (Wildman–Crippen MR) is 110 cm³/mol. The molecule has 0 spiro atoms. The number of carbonyl (C=O) groups is 3. The van der Waals surface area contributed by atoms with E-state index in [1.54, 1.807) is 48.5 Å². The number of Topliss-reactive ketones (excluding diaryl/α,β-unsaturated/α-hetero) is 1. The zero-order chi connectivity index (χ0) is 20.1. The predicted octanol–water partition coefficient (Wildman–Crippen LogP) is 4.70. The third kappa shape index (κ3) is 4.51. The highest BCUT2D eigenvalue weighted by Gasteiger charge is 2.17. The highest BCUT2D eigenvalue weighted by molar-refractivity contribution is 6.15. The second-order valence-corrected chi connectivity index (χ2v) is 6.45. The minimum Gasteiger partial charge on any atom is -0.322 e. The maximum absolute atomic E-state index is 12.7. The first kappa shape index (κ1) is 19.0. The van der Waals surface area contributed by atoms with E-state index in [0.717, 1.165) is 5.56 Å². The van der Waals surface area contributed by atoms with Crippen LogP contribution in [-0.4, -0.2) is 17.6 Å². The SMILES string of the molecule is CC(=O)c1ccc(NC(=O)c2ccccc2C(=O)Nc2ccc(C)cc2)cc1. The Balaban J connectivity index is 1.78. The van der Waals surface area contributed by atoms with Gasteiger partial charge in [0.1, 0.15) is 0 Å². The van der Waals surface area contributed by atoms with Crippen LogP contribution < -0.4 is 10.6 Å². The molecule has 0 heterocycles. The highest BCUT2D eigenvalue weighted by Crippen LogP contribution is 2.17. The van der Waals surface area contributed by atoms with Crippen molar-refractivity contribution in [2.45, 2.75) is 13.8 Å². The summed E-state index contributed by atoms with van der Waals surface area (Å²) in [5.41, 5.74) is 3.41. The fourth-order valence-corrected chi connectivity index (χ4v) is 2.70. The van der Waals surface area contributed by atoms with Gasteiger partial charge in [-0.2, -0.15) is 0 Å². The molecule has 5 nitrogen and oxygen atoms in total. The van der Waals surface area contributed by atoms with E-state index < -0.39 is 5.91 Å². The molecule has 2 N–H and O–H groups in total. The Morgan fingerprint density at radius 2 is 1.07 bits per heavy atom. The Hall–Kier alpha value is -3.73. The van der Waals surface area contributed by atoms with Gasteiger partial charge >= 0.3 is 0 Å². The Labute approximate surface area is 163 Å². The lowest BCUT2D eigenvalue weighted by Crippen LogP contribution is -2.20. The van der Waals surface area contributed by atoms with Gasteiger partial charge in [0.15, 0.2) is 5.78 Å². The van der Waals surface area contributed by atoms with E-state index in [0.29, 0.717) is 16.9 Å². The molecule has 0 aliphatic carbocycles. The molecule has 0 fully saturated rings. The Morgan fingerprint density at radius 3 is 1.50 bits per heavy atom. The van der Waals surface area contributed by atoms with Crippen molar-refractivity contribution in [2.24, 2.45) is 0 Å². The van der Waals surface area contributed by atoms with Crippen LogP contribution in [-0.2, 0) is 0 Å². The van der Waals surface area contributed by atoms with Gasteiger partial charge in [-0.3, -0.25) is 14.4 Å². The molecular formula is C23H20N2O3. The summed E-state index contributed by atoms with van der Waals surface area (Å²) >= 11 is 0. The van der Waals surface area contributed by atoms with E-state index >= 15 is 0 Å². The van der Waals surface area contributed by atoms with Crippen molar-refractivity contribution >= 4 is 29.0 Å². The van der Waals surface area contributed by atoms with Crippen LogP contribution in [0.4, 0.5) is 11.4 Å². The van der Waals surface area contributed by atoms with Gasteiger partial charge < -0.3 is 10.6 Å². The van der Waals surface area contributed by atoms with E-state index in [1.807, 2.05) is 31.2 Å². The lowest BCUT2D eigenvalue weighted by atomic mass is 10.1. The summed E-state index contributed by atoms with van der Waals surface area (Å²) in [5, 5.41) is 5.57. The fourth-order valence-electron chi connectivity index (χ4n) is 2.70. The van der Waals surface area contributed by atoms with Crippen LogP contribution in [0, 0.1) is 6.92 Å². The van der Waals surface area contributed by atoms with Crippen molar-refractivity contribution in [2.75, 3.05) is 10.6 Å². The fraction of sp³-hybridized carbons (Fsp3) is 0.0870. The molecule has 0 aliphatic heterocycles. The van der Waals surface area contributed by atoms with Gasteiger partial charge in [-0.15, -0.1) is 0 Å². The van der Waals surface area contributed by atoms with Gasteiger partial charge in [-0.05, 0) is 62.4 Å². The summed E-state index contributed by atoms with van der Waals surface area (Å²) in [6.07, 6.45) is 0. The number of hydrogen-bond acceptors (Lipinski definition) is 3. The van der Waals surface area contributed by atoms with Crippen molar-refractivity contribution in [3.63, 3.8) is 0 Å². The summed E-state index contributed by atoms with van der Waals surface area (Å²) in [7, 11) is 0. The van der Waals surface area contributed by atoms with E-state index in [-0.39, 0.29) is 22.8 Å². The molecule has 28 heavy (non-hydrogen) atoms. The number of rotatable bonds is 5. The smallest absolute Gasteiger partial charge is 0.256 e. The molecular weight excluding hydrogens is 352 g/mol. The number of amides is 2. The molecule has 3 aromatic carbocycles. The summed E-state index contributed by atoms with van der Waals surface area (Å²) < 4.78 is 0. The first-order valence-corrected chi connectivity index (χ1v) is 8.83. The van der Waals surface area contributed by atoms with E-state index in [2.05, 4.69) is 10.6 Å². The number of nitrogens with one attached hydrogen (secondary N) is 2. The molecule has 0 aliphatic rings. The van der Waals surface area contributed by atoms with E-state index in [4.69, 9.17) is 0 Å². The van der Waals surface area contributed by atoms with Crippen LogP contribution in [0.15, 0.2) is 72.8 Å². The first-order chi connectivity index (χ1) is 13.4. The van der Waals surface area contributed by atoms with Crippen LogP contribution in [0.1, 0.15) is 43.6 Å². The van der Waals surface area contributed by atoms with Crippen molar-refractivity contribution in [1.82, 2.24) is 0 Å². The quantitative estimate of drug-likeness (QED) is 0.637. The lowest BCUT2D eigenvalue weighted by molar-refractivity contribution is 0.0990. The molecule has 0 aromatic heterocycles. The molecule has 2 amide bonds. The molecule has 0 unspecified atom stereocenters. The monoisotopic (exact) mass is 372 g/mol. The number of hydrogen-bond donors (Lipinski definition) is 2. The van der Waals surface area contributed by atoms with Crippen LogP contribution >= 0.6 is 0 Å². The van der Waals surface area contributed by atoms with E-state index in [9.17, 15) is 14.4 Å². The first-order valence-electron chi connectivity index (χ1n) is 8.83. The van der Waals surface area contributed by atoms with Gasteiger partial charge in [0.25, 0.3) is 11.8 Å². The average Bonchev–Trinajstić information content (AvgIpc) is 2.70. The minimum atomic E-state index is -0.398. The maximum atomic E-state index is 12.7. The molecule has 0 saturated carbocycles. The molecule has 0 atom stereocenters. The summed E-state index contributed by atoms with van der Waals surface area (Å²) in [6, 6.07) is 20.7. The summed E-state index contributed by atoms with van der Waals surface area (Å²) in [4.78, 5) is 36.7. The normalized spacial score (nSPS) is 10.2. The number of ketones is 1. The zero-order valence-electron chi connectivity index (χ0n) is 15.7. The van der Waals surface area contributed by atoms with Crippen molar-refractivity contribution in [3.8, 4) is 0 Å². The van der Waals surface area contributed by atoms with Crippen LogP contribution in [0.5, 0.6) is 0 Å². The largest absolute Gasteiger partial charge is 0.322 e. The molecule has 3 aromatic rings. The van der Waals surface area contributed by atoms with Crippen LogP contribution in [0.25, 0.3) is 0 Å². The van der Waals surface area contributed by atoms with Crippen molar-refractivity contribution < 1.29 is 14.4 Å². The second-order valence-electron chi connectivity index (χ2n) is 6.45. The van der Waals surface area contributed by atoms with Gasteiger partial charge in [0.2, 0.25) is 0 Å². The van der Waals surface area contributed by atoms with Crippen LogP contribution in [0.2, 0.25) is 0 Å². The Morgan fingerprint density at radius 1 is 0.643 bits per heavy atom. The van der Waals surface area contributed by atoms with Crippen LogP contribution in [0.3, 0.4) is 0 Å². The third-order valence-electron chi connectivity index (χ3n) is 4.28. The zero-order valence-corrected chi connectivity index (χ0v) is 15.7.